The third-order valence-electron chi connectivity index (χ3n) is 3.23. The molecule has 3 rings (SSSR count). The maximum absolute atomic E-state index is 12.1. The van der Waals surface area contributed by atoms with Crippen molar-refractivity contribution in [3.05, 3.63) is 54.4 Å². The minimum absolute atomic E-state index is 0.115. The molecule has 0 aliphatic carbocycles. The lowest BCUT2D eigenvalue weighted by atomic mass is 10.2. The monoisotopic (exact) mass is 338 g/mol. The van der Waals surface area contributed by atoms with E-state index < -0.39 is 5.97 Å². The first-order valence-electron chi connectivity index (χ1n) is 7.32. The molecule has 0 unspecified atom stereocenters. The van der Waals surface area contributed by atoms with Gasteiger partial charge >= 0.3 is 5.97 Å². The summed E-state index contributed by atoms with van der Waals surface area (Å²) < 4.78 is 4.65. The van der Waals surface area contributed by atoms with E-state index in [0.29, 0.717) is 22.6 Å². The van der Waals surface area contributed by atoms with Crippen LogP contribution in [0.1, 0.15) is 10.4 Å². The van der Waals surface area contributed by atoms with Gasteiger partial charge in [-0.15, -0.1) is 10.2 Å². The van der Waals surface area contributed by atoms with Gasteiger partial charge in [-0.05, 0) is 35.5 Å². The third-order valence-corrected chi connectivity index (χ3v) is 3.23. The summed E-state index contributed by atoms with van der Waals surface area (Å²) in [6.45, 7) is -0.115. The van der Waals surface area contributed by atoms with E-state index in [0.717, 1.165) is 0 Å². The van der Waals surface area contributed by atoms with E-state index in [1.807, 2.05) is 0 Å². The predicted molar refractivity (Wildman–Crippen MR) is 87.5 cm³/mol. The summed E-state index contributed by atoms with van der Waals surface area (Å²) in [7, 11) is 1.30. The summed E-state index contributed by atoms with van der Waals surface area (Å²) in [5.41, 5.74) is 1.53. The number of hydrogen-bond acceptors (Lipinski definition) is 7. The summed E-state index contributed by atoms with van der Waals surface area (Å²) in [5.74, 6) is -0.444. The van der Waals surface area contributed by atoms with Crippen molar-refractivity contribution >= 4 is 17.6 Å². The van der Waals surface area contributed by atoms with Crippen LogP contribution < -0.4 is 5.32 Å². The van der Waals surface area contributed by atoms with Crippen molar-refractivity contribution in [2.45, 2.75) is 6.54 Å². The Morgan fingerprint density at radius 3 is 2.88 bits per heavy atom. The molecule has 9 heteroatoms. The van der Waals surface area contributed by atoms with Gasteiger partial charge in [-0.25, -0.2) is 4.79 Å². The van der Waals surface area contributed by atoms with Crippen molar-refractivity contribution in [3.63, 3.8) is 0 Å². The Kier molecular flexibility index (Phi) is 4.74. The fourth-order valence-corrected chi connectivity index (χ4v) is 2.09. The minimum Gasteiger partial charge on any atom is -0.465 e. The van der Waals surface area contributed by atoms with E-state index in [4.69, 9.17) is 0 Å². The normalized spacial score (nSPS) is 10.3. The van der Waals surface area contributed by atoms with Crippen LogP contribution in [0.5, 0.6) is 0 Å². The molecule has 1 amide bonds. The molecule has 1 N–H and O–H groups in total. The highest BCUT2D eigenvalue weighted by molar-refractivity contribution is 5.94. The summed E-state index contributed by atoms with van der Waals surface area (Å²) in [6, 6.07) is 10.0. The number of methoxy groups -OCH3 is 1. The SMILES string of the molecule is COC(=O)c1cccc(NC(=O)Cn2nnc(-c3cccnc3)n2)c1. The van der Waals surface area contributed by atoms with Crippen LogP contribution >= 0.6 is 0 Å². The number of carbonyl (C=O) groups excluding carboxylic acids is 2. The highest BCUT2D eigenvalue weighted by atomic mass is 16.5. The largest absolute Gasteiger partial charge is 0.465 e. The van der Waals surface area contributed by atoms with Crippen LogP contribution in [-0.4, -0.2) is 44.2 Å². The number of benzene rings is 1. The molecule has 0 spiro atoms. The number of anilines is 1. The molecule has 3 aromatic rings. The van der Waals surface area contributed by atoms with Gasteiger partial charge in [-0.3, -0.25) is 9.78 Å². The fourth-order valence-electron chi connectivity index (χ4n) is 2.09. The molecule has 1 aromatic carbocycles. The molecular formula is C16H14N6O3. The summed E-state index contributed by atoms with van der Waals surface area (Å²) in [6.07, 6.45) is 3.25. The van der Waals surface area contributed by atoms with Crippen LogP contribution in [0.4, 0.5) is 5.69 Å². The molecule has 0 fully saturated rings. The van der Waals surface area contributed by atoms with Crippen molar-refractivity contribution in [2.75, 3.05) is 12.4 Å². The van der Waals surface area contributed by atoms with E-state index in [1.54, 1.807) is 42.7 Å². The molecule has 0 atom stereocenters. The number of aromatic nitrogens is 5. The van der Waals surface area contributed by atoms with E-state index in [-0.39, 0.29) is 12.5 Å². The molecule has 0 saturated heterocycles. The summed E-state index contributed by atoms with van der Waals surface area (Å²) in [5, 5.41) is 14.6. The van der Waals surface area contributed by atoms with Crippen molar-refractivity contribution in [1.29, 1.82) is 0 Å². The van der Waals surface area contributed by atoms with Gasteiger partial charge in [0.25, 0.3) is 0 Å². The Morgan fingerprint density at radius 1 is 1.24 bits per heavy atom. The lowest BCUT2D eigenvalue weighted by Crippen LogP contribution is -2.20. The minimum atomic E-state index is -0.477. The van der Waals surface area contributed by atoms with E-state index in [9.17, 15) is 9.59 Å². The highest BCUT2D eigenvalue weighted by Crippen LogP contribution is 2.12. The lowest BCUT2D eigenvalue weighted by molar-refractivity contribution is -0.117. The fraction of sp³-hybridized carbons (Fsp3) is 0.125. The number of nitrogens with zero attached hydrogens (tertiary/aromatic N) is 5. The van der Waals surface area contributed by atoms with Crippen LogP contribution in [0.3, 0.4) is 0 Å². The van der Waals surface area contributed by atoms with Gasteiger partial charge in [0.1, 0.15) is 6.54 Å². The second kappa shape index (κ2) is 7.30. The Bertz CT molecular complexity index is 894. The van der Waals surface area contributed by atoms with Gasteiger partial charge in [0, 0.05) is 23.6 Å². The molecule has 9 nitrogen and oxygen atoms in total. The van der Waals surface area contributed by atoms with Gasteiger partial charge < -0.3 is 10.1 Å². The van der Waals surface area contributed by atoms with E-state index >= 15 is 0 Å². The second-order valence-electron chi connectivity index (χ2n) is 5.01. The zero-order valence-corrected chi connectivity index (χ0v) is 13.3. The van der Waals surface area contributed by atoms with Crippen molar-refractivity contribution in [2.24, 2.45) is 0 Å². The molecule has 25 heavy (non-hydrogen) atoms. The average molecular weight is 338 g/mol. The van der Waals surface area contributed by atoms with Gasteiger partial charge in [-0.1, -0.05) is 6.07 Å². The molecule has 2 aromatic heterocycles. The number of hydrogen-bond donors (Lipinski definition) is 1. The Balaban J connectivity index is 1.65. The number of esters is 1. The average Bonchev–Trinajstić information content (AvgIpc) is 3.10. The number of rotatable bonds is 5. The maximum Gasteiger partial charge on any atom is 0.337 e. The molecule has 0 saturated carbocycles. The van der Waals surface area contributed by atoms with Crippen LogP contribution in [0.15, 0.2) is 48.8 Å². The highest BCUT2D eigenvalue weighted by Gasteiger charge is 2.11. The van der Waals surface area contributed by atoms with E-state index in [2.05, 4.69) is 30.4 Å². The van der Waals surface area contributed by atoms with Crippen LogP contribution in [0.2, 0.25) is 0 Å². The Labute approximate surface area is 142 Å². The number of amides is 1. The molecule has 0 aliphatic rings. The van der Waals surface area contributed by atoms with Crippen LogP contribution in [0.25, 0.3) is 11.4 Å². The van der Waals surface area contributed by atoms with Crippen LogP contribution in [-0.2, 0) is 16.1 Å². The first-order valence-corrected chi connectivity index (χ1v) is 7.32. The van der Waals surface area contributed by atoms with Gasteiger partial charge in [-0.2, -0.15) is 4.80 Å². The smallest absolute Gasteiger partial charge is 0.337 e. The van der Waals surface area contributed by atoms with Crippen molar-refractivity contribution < 1.29 is 14.3 Å². The Hall–Kier alpha value is -3.62. The summed E-state index contributed by atoms with van der Waals surface area (Å²) in [4.78, 5) is 28.8. The predicted octanol–water partition coefficient (Wildman–Crippen LogP) is 1.16. The molecule has 0 radical (unpaired) electrons. The second-order valence-corrected chi connectivity index (χ2v) is 5.01. The number of pyridine rings is 1. The van der Waals surface area contributed by atoms with E-state index in [1.165, 1.54) is 18.0 Å². The quantitative estimate of drug-likeness (QED) is 0.695. The molecule has 126 valence electrons. The first kappa shape index (κ1) is 16.2. The Morgan fingerprint density at radius 2 is 2.12 bits per heavy atom. The molecule has 2 heterocycles. The third kappa shape index (κ3) is 4.02. The number of tetrazole rings is 1. The number of carbonyl (C=O) groups is 2. The van der Waals surface area contributed by atoms with Gasteiger partial charge in [0.15, 0.2) is 0 Å². The number of ether oxygens (including phenoxy) is 1. The van der Waals surface area contributed by atoms with Crippen LogP contribution in [0, 0.1) is 0 Å². The molecular weight excluding hydrogens is 324 g/mol. The first-order chi connectivity index (χ1) is 12.2. The van der Waals surface area contributed by atoms with Crippen molar-refractivity contribution in [1.82, 2.24) is 25.2 Å². The standard InChI is InChI=1S/C16H14N6O3/c1-25-16(24)11-4-2-6-13(8-11)18-14(23)10-22-20-15(19-21-22)12-5-3-7-17-9-12/h2-9H,10H2,1H3,(H,18,23). The van der Waals surface area contributed by atoms with Gasteiger partial charge in [0.05, 0.1) is 12.7 Å². The zero-order chi connectivity index (χ0) is 17.6. The maximum atomic E-state index is 12.1. The topological polar surface area (TPSA) is 112 Å². The van der Waals surface area contributed by atoms with Crippen molar-refractivity contribution in [3.8, 4) is 11.4 Å². The molecule has 0 aliphatic heterocycles. The summed E-state index contributed by atoms with van der Waals surface area (Å²) >= 11 is 0. The number of nitrogens with one attached hydrogen (secondary N) is 1. The zero-order valence-electron chi connectivity index (χ0n) is 13.3. The molecule has 0 bridgehead atoms. The lowest BCUT2D eigenvalue weighted by Gasteiger charge is -2.06. The van der Waals surface area contributed by atoms with Gasteiger partial charge in [0.2, 0.25) is 11.7 Å².